The molecule has 0 amide bonds. The molecule has 0 saturated heterocycles. The number of anilines is 1. The highest BCUT2D eigenvalue weighted by Crippen LogP contribution is 2.30. The Morgan fingerprint density at radius 1 is 1.35 bits per heavy atom. The molecule has 0 aliphatic carbocycles. The molecule has 0 aliphatic heterocycles. The zero-order valence-electron chi connectivity index (χ0n) is 10.3. The van der Waals surface area contributed by atoms with Crippen LogP contribution in [0.25, 0.3) is 0 Å². The van der Waals surface area contributed by atoms with Gasteiger partial charge in [0, 0.05) is 23.5 Å². The monoisotopic (exact) mass is 310 g/mol. The molecule has 0 spiro atoms. The molecule has 20 heavy (non-hydrogen) atoms. The number of hydrazone groups is 1. The number of halogens is 2. The van der Waals surface area contributed by atoms with Gasteiger partial charge in [-0.25, -0.2) is 0 Å². The predicted molar refractivity (Wildman–Crippen MR) is 80.8 cm³/mol. The van der Waals surface area contributed by atoms with E-state index < -0.39 is 6.23 Å². The van der Waals surface area contributed by atoms with Gasteiger partial charge in [0.15, 0.2) is 6.23 Å². The predicted octanol–water partition coefficient (Wildman–Crippen LogP) is 2.59. The van der Waals surface area contributed by atoms with Crippen LogP contribution in [0.2, 0.25) is 10.0 Å². The van der Waals surface area contributed by atoms with Crippen molar-refractivity contribution >= 4 is 35.1 Å². The lowest BCUT2D eigenvalue weighted by atomic mass is 10.2. The Bertz CT molecular complexity index is 596. The summed E-state index contributed by atoms with van der Waals surface area (Å²) in [5.74, 6) is 0. The molecule has 5 nitrogen and oxygen atoms in total. The fourth-order valence-electron chi connectivity index (χ4n) is 1.47. The van der Waals surface area contributed by atoms with Crippen molar-refractivity contribution in [3.05, 3.63) is 57.8 Å². The molecule has 0 saturated carbocycles. The quantitative estimate of drug-likeness (QED) is 0.351. The highest BCUT2D eigenvalue weighted by molar-refractivity contribution is 6.38. The Morgan fingerprint density at radius 2 is 2.05 bits per heavy atom. The Morgan fingerprint density at radius 3 is 2.65 bits per heavy atom. The summed E-state index contributed by atoms with van der Waals surface area (Å²) in [5.41, 5.74) is 9.74. The van der Waals surface area contributed by atoms with Gasteiger partial charge in [0.25, 0.3) is 0 Å². The van der Waals surface area contributed by atoms with Gasteiger partial charge >= 0.3 is 0 Å². The average Bonchev–Trinajstić information content (AvgIpc) is 2.45. The Hall–Kier alpha value is -1.82. The maximum Gasteiger partial charge on any atom is 0.165 e. The minimum Gasteiger partial charge on any atom is -0.396 e. The van der Waals surface area contributed by atoms with E-state index in [4.69, 9.17) is 28.9 Å². The summed E-state index contributed by atoms with van der Waals surface area (Å²) in [6.07, 6.45) is 3.81. The molecule has 1 heterocycles. The van der Waals surface area contributed by atoms with E-state index in [9.17, 15) is 5.11 Å². The van der Waals surface area contributed by atoms with Gasteiger partial charge in [-0.1, -0.05) is 29.3 Å². The van der Waals surface area contributed by atoms with Crippen molar-refractivity contribution in [2.75, 3.05) is 5.73 Å². The molecule has 1 aromatic carbocycles. The van der Waals surface area contributed by atoms with Gasteiger partial charge in [0.1, 0.15) is 0 Å². The molecule has 0 aliphatic rings. The fourth-order valence-corrected chi connectivity index (χ4v) is 1.97. The number of aromatic nitrogens is 1. The van der Waals surface area contributed by atoms with Gasteiger partial charge in [0.2, 0.25) is 0 Å². The second-order valence-corrected chi connectivity index (χ2v) is 4.79. The number of nitrogens with zero attached hydrogens (tertiary/aromatic N) is 2. The largest absolute Gasteiger partial charge is 0.396 e. The lowest BCUT2D eigenvalue weighted by Gasteiger charge is -2.12. The lowest BCUT2D eigenvalue weighted by Crippen LogP contribution is -2.15. The van der Waals surface area contributed by atoms with Crippen LogP contribution in [0.4, 0.5) is 5.69 Å². The molecule has 1 aromatic heterocycles. The molecule has 1 atom stereocenters. The number of hydrogen-bond acceptors (Lipinski definition) is 5. The first-order valence-electron chi connectivity index (χ1n) is 5.69. The van der Waals surface area contributed by atoms with E-state index in [-0.39, 0.29) is 15.7 Å². The molecule has 0 bridgehead atoms. The van der Waals surface area contributed by atoms with Gasteiger partial charge in [-0.2, -0.15) is 5.10 Å². The van der Waals surface area contributed by atoms with Crippen molar-refractivity contribution in [3.8, 4) is 0 Å². The van der Waals surface area contributed by atoms with Crippen molar-refractivity contribution < 1.29 is 5.11 Å². The van der Waals surface area contributed by atoms with E-state index in [0.29, 0.717) is 5.56 Å². The zero-order valence-corrected chi connectivity index (χ0v) is 11.8. The molecular weight excluding hydrogens is 299 g/mol. The van der Waals surface area contributed by atoms with Crippen LogP contribution < -0.4 is 11.2 Å². The number of aliphatic hydroxyl groups is 1. The fraction of sp³-hybridized carbons (Fsp3) is 0.0769. The summed E-state index contributed by atoms with van der Waals surface area (Å²) < 4.78 is 0. The number of hydrogen-bond donors (Lipinski definition) is 3. The number of aliphatic hydroxyl groups excluding tert-OH is 1. The van der Waals surface area contributed by atoms with Crippen LogP contribution in [0.1, 0.15) is 17.4 Å². The number of nitrogens with one attached hydrogen (secondary N) is 1. The molecular formula is C13H12Cl2N4O. The van der Waals surface area contributed by atoms with Crippen LogP contribution in [0.5, 0.6) is 0 Å². The van der Waals surface area contributed by atoms with Gasteiger partial charge in [-0.3, -0.25) is 10.4 Å². The second kappa shape index (κ2) is 6.56. The van der Waals surface area contributed by atoms with E-state index in [1.807, 2.05) is 6.07 Å². The minimum absolute atomic E-state index is 0.281. The third-order valence-electron chi connectivity index (χ3n) is 2.51. The van der Waals surface area contributed by atoms with Crippen LogP contribution in [0.3, 0.4) is 0 Å². The van der Waals surface area contributed by atoms with Crippen LogP contribution >= 0.6 is 23.2 Å². The van der Waals surface area contributed by atoms with Crippen molar-refractivity contribution in [3.63, 3.8) is 0 Å². The molecule has 0 radical (unpaired) electrons. The van der Waals surface area contributed by atoms with Crippen LogP contribution in [-0.2, 0) is 0 Å². The smallest absolute Gasteiger partial charge is 0.165 e. The van der Waals surface area contributed by atoms with E-state index in [0.717, 1.165) is 5.56 Å². The molecule has 2 aromatic rings. The van der Waals surface area contributed by atoms with Gasteiger partial charge in [-0.15, -0.1) is 0 Å². The highest BCUT2D eigenvalue weighted by atomic mass is 35.5. The third kappa shape index (κ3) is 3.60. The van der Waals surface area contributed by atoms with Crippen LogP contribution in [0, 0.1) is 0 Å². The second-order valence-electron chi connectivity index (χ2n) is 3.97. The van der Waals surface area contributed by atoms with Crippen LogP contribution in [-0.4, -0.2) is 16.3 Å². The number of benzene rings is 1. The van der Waals surface area contributed by atoms with Crippen molar-refractivity contribution in [2.45, 2.75) is 6.23 Å². The third-order valence-corrected chi connectivity index (χ3v) is 3.14. The van der Waals surface area contributed by atoms with E-state index in [1.54, 1.807) is 18.5 Å². The Labute approximate surface area is 126 Å². The maximum atomic E-state index is 9.94. The van der Waals surface area contributed by atoms with E-state index in [2.05, 4.69) is 15.5 Å². The molecule has 104 valence electrons. The standard InChI is InChI=1S/C13H12Cl2N4O/c14-10-4-9(5-11(15)12(10)16)13(20)19-18-7-8-2-1-3-17-6-8/h1-7,13,19-20H,16H2. The summed E-state index contributed by atoms with van der Waals surface area (Å²) in [6.45, 7) is 0. The van der Waals surface area contributed by atoms with Gasteiger partial charge in [-0.05, 0) is 18.2 Å². The summed E-state index contributed by atoms with van der Waals surface area (Å²) in [5, 5.41) is 14.4. The van der Waals surface area contributed by atoms with Crippen molar-refractivity contribution in [1.29, 1.82) is 0 Å². The number of nitrogens with two attached hydrogens (primary N) is 1. The summed E-state index contributed by atoms with van der Waals surface area (Å²) in [4.78, 5) is 3.94. The molecule has 0 fully saturated rings. The van der Waals surface area contributed by atoms with Gasteiger partial charge in [0.05, 0.1) is 21.9 Å². The lowest BCUT2D eigenvalue weighted by molar-refractivity contribution is 0.141. The maximum absolute atomic E-state index is 9.94. The normalized spacial score (nSPS) is 12.6. The minimum atomic E-state index is -1.04. The zero-order chi connectivity index (χ0) is 14.5. The first kappa shape index (κ1) is 14.6. The topological polar surface area (TPSA) is 83.5 Å². The highest BCUT2D eigenvalue weighted by Gasteiger charge is 2.11. The molecule has 2 rings (SSSR count). The van der Waals surface area contributed by atoms with Crippen molar-refractivity contribution in [1.82, 2.24) is 10.4 Å². The molecule has 1 unspecified atom stereocenters. The van der Waals surface area contributed by atoms with E-state index >= 15 is 0 Å². The Kier molecular flexibility index (Phi) is 4.79. The number of nitrogen functional groups attached to an aromatic ring is 1. The first-order chi connectivity index (χ1) is 9.58. The molecule has 7 heteroatoms. The SMILES string of the molecule is Nc1c(Cl)cc(C(O)NN=Cc2cccnc2)cc1Cl. The first-order valence-corrected chi connectivity index (χ1v) is 6.44. The van der Waals surface area contributed by atoms with Gasteiger partial charge < -0.3 is 10.8 Å². The summed E-state index contributed by atoms with van der Waals surface area (Å²) in [7, 11) is 0. The molecule has 4 N–H and O–H groups in total. The summed E-state index contributed by atoms with van der Waals surface area (Å²) >= 11 is 11.8. The van der Waals surface area contributed by atoms with Crippen molar-refractivity contribution in [2.24, 2.45) is 5.10 Å². The summed E-state index contributed by atoms with van der Waals surface area (Å²) in [6, 6.07) is 6.68. The number of rotatable bonds is 4. The average molecular weight is 311 g/mol. The number of pyridine rings is 1. The Balaban J connectivity index is 2.05. The van der Waals surface area contributed by atoms with Crippen LogP contribution in [0.15, 0.2) is 41.8 Å². The van der Waals surface area contributed by atoms with E-state index in [1.165, 1.54) is 18.3 Å².